The molecule has 74 valence electrons. The van der Waals surface area contributed by atoms with Crippen molar-refractivity contribution in [2.75, 3.05) is 0 Å². The molecule has 4 nitrogen and oxygen atoms in total. The predicted molar refractivity (Wildman–Crippen MR) is 51.5 cm³/mol. The minimum Gasteiger partial charge on any atom is -0.387 e. The van der Waals surface area contributed by atoms with Crippen molar-refractivity contribution >= 4 is 11.6 Å². The molecular formula is C8H14ClN3O. The van der Waals surface area contributed by atoms with Crippen molar-refractivity contribution < 1.29 is 5.11 Å². The number of nitrogens with zero attached hydrogens (tertiary/aromatic N) is 2. The van der Waals surface area contributed by atoms with Crippen molar-refractivity contribution in [3.63, 3.8) is 0 Å². The van der Waals surface area contributed by atoms with Crippen LogP contribution in [0.4, 0.5) is 0 Å². The second-order valence-corrected chi connectivity index (χ2v) is 3.37. The van der Waals surface area contributed by atoms with Gasteiger partial charge in [0.2, 0.25) is 0 Å². The summed E-state index contributed by atoms with van der Waals surface area (Å²) in [6.07, 6.45) is 0.813. The van der Waals surface area contributed by atoms with E-state index >= 15 is 0 Å². The van der Waals surface area contributed by atoms with E-state index in [2.05, 4.69) is 5.10 Å². The number of aromatic nitrogens is 2. The van der Waals surface area contributed by atoms with Crippen LogP contribution in [0.5, 0.6) is 0 Å². The molecule has 0 aliphatic rings. The highest BCUT2D eigenvalue weighted by atomic mass is 35.5. The zero-order chi connectivity index (χ0) is 10.0. The van der Waals surface area contributed by atoms with Crippen LogP contribution in [0, 0.1) is 0 Å². The van der Waals surface area contributed by atoms with E-state index in [1.54, 1.807) is 17.8 Å². The smallest absolute Gasteiger partial charge is 0.132 e. The van der Waals surface area contributed by atoms with Crippen LogP contribution in [-0.4, -0.2) is 20.9 Å². The Morgan fingerprint density at radius 2 is 2.38 bits per heavy atom. The number of aliphatic hydroxyl groups excluding tert-OH is 1. The van der Waals surface area contributed by atoms with Crippen molar-refractivity contribution in [2.24, 2.45) is 5.73 Å². The summed E-state index contributed by atoms with van der Waals surface area (Å²) in [5.74, 6) is 0. The molecule has 0 aliphatic heterocycles. The molecule has 0 aliphatic carbocycles. The molecule has 13 heavy (non-hydrogen) atoms. The fraction of sp³-hybridized carbons (Fsp3) is 0.625. The van der Waals surface area contributed by atoms with Gasteiger partial charge in [-0.2, -0.15) is 5.10 Å². The monoisotopic (exact) mass is 203 g/mol. The maximum absolute atomic E-state index is 9.62. The first-order valence-corrected chi connectivity index (χ1v) is 4.60. The Morgan fingerprint density at radius 3 is 2.77 bits per heavy atom. The molecule has 0 saturated carbocycles. The van der Waals surface area contributed by atoms with Crippen molar-refractivity contribution in [3.8, 4) is 0 Å². The standard InChI is InChI=1S/C8H14ClN3O/c1-3-12-8(9)6(4-11-12)7(13)5(2)10/h4-5,7,13H,3,10H2,1-2H3. The molecule has 1 heterocycles. The summed E-state index contributed by atoms with van der Waals surface area (Å²) in [7, 11) is 0. The Balaban J connectivity index is 2.95. The van der Waals surface area contributed by atoms with E-state index in [1.807, 2.05) is 6.92 Å². The number of nitrogens with two attached hydrogens (primary N) is 1. The molecule has 2 unspecified atom stereocenters. The zero-order valence-electron chi connectivity index (χ0n) is 7.74. The van der Waals surface area contributed by atoms with Gasteiger partial charge in [0, 0.05) is 18.2 Å². The number of halogens is 1. The van der Waals surface area contributed by atoms with Crippen LogP contribution in [0.25, 0.3) is 0 Å². The van der Waals surface area contributed by atoms with E-state index in [0.717, 1.165) is 0 Å². The molecule has 0 saturated heterocycles. The van der Waals surface area contributed by atoms with Crippen LogP contribution in [0.15, 0.2) is 6.20 Å². The van der Waals surface area contributed by atoms with Gasteiger partial charge < -0.3 is 10.8 Å². The quantitative estimate of drug-likeness (QED) is 0.769. The Bertz CT molecular complexity index is 285. The summed E-state index contributed by atoms with van der Waals surface area (Å²) in [5.41, 5.74) is 6.14. The van der Waals surface area contributed by atoms with Gasteiger partial charge >= 0.3 is 0 Å². The third kappa shape index (κ3) is 2.02. The molecule has 1 rings (SSSR count). The van der Waals surface area contributed by atoms with E-state index in [4.69, 9.17) is 17.3 Å². The van der Waals surface area contributed by atoms with Crippen LogP contribution in [0.1, 0.15) is 25.5 Å². The summed E-state index contributed by atoms with van der Waals surface area (Å²) >= 11 is 5.95. The molecule has 0 fully saturated rings. The fourth-order valence-electron chi connectivity index (χ4n) is 1.09. The van der Waals surface area contributed by atoms with Crippen molar-refractivity contribution in [1.29, 1.82) is 0 Å². The first-order valence-electron chi connectivity index (χ1n) is 4.22. The summed E-state index contributed by atoms with van der Waals surface area (Å²) in [5, 5.41) is 14.1. The third-order valence-electron chi connectivity index (χ3n) is 1.92. The number of aliphatic hydroxyl groups is 1. The van der Waals surface area contributed by atoms with Gasteiger partial charge in [-0.05, 0) is 13.8 Å². The Kier molecular flexibility index (Phi) is 3.30. The zero-order valence-corrected chi connectivity index (χ0v) is 8.49. The van der Waals surface area contributed by atoms with E-state index in [0.29, 0.717) is 17.3 Å². The molecule has 1 aromatic heterocycles. The molecular weight excluding hydrogens is 190 g/mol. The van der Waals surface area contributed by atoms with Crippen LogP contribution < -0.4 is 5.73 Å². The lowest BCUT2D eigenvalue weighted by Gasteiger charge is -2.12. The van der Waals surface area contributed by atoms with Gasteiger partial charge in [-0.3, -0.25) is 4.68 Å². The van der Waals surface area contributed by atoms with E-state index in [-0.39, 0.29) is 6.04 Å². The first kappa shape index (κ1) is 10.5. The average Bonchev–Trinajstić information content (AvgIpc) is 2.45. The van der Waals surface area contributed by atoms with Crippen molar-refractivity contribution in [1.82, 2.24) is 9.78 Å². The molecule has 2 atom stereocenters. The SMILES string of the molecule is CCn1ncc(C(O)C(C)N)c1Cl. The average molecular weight is 204 g/mol. The number of aryl methyl sites for hydroxylation is 1. The van der Waals surface area contributed by atoms with Crippen molar-refractivity contribution in [2.45, 2.75) is 32.5 Å². The molecule has 0 radical (unpaired) electrons. The molecule has 0 aromatic carbocycles. The van der Waals surface area contributed by atoms with Crippen LogP contribution in [-0.2, 0) is 6.54 Å². The minimum atomic E-state index is -0.743. The van der Waals surface area contributed by atoms with E-state index < -0.39 is 6.10 Å². The fourth-order valence-corrected chi connectivity index (χ4v) is 1.41. The van der Waals surface area contributed by atoms with Crippen LogP contribution in [0.3, 0.4) is 0 Å². The normalized spacial score (nSPS) is 15.8. The largest absolute Gasteiger partial charge is 0.387 e. The lowest BCUT2D eigenvalue weighted by Crippen LogP contribution is -2.24. The highest BCUT2D eigenvalue weighted by Crippen LogP contribution is 2.24. The Labute approximate surface area is 82.3 Å². The Morgan fingerprint density at radius 1 is 1.77 bits per heavy atom. The maximum Gasteiger partial charge on any atom is 0.132 e. The van der Waals surface area contributed by atoms with Gasteiger partial charge in [-0.1, -0.05) is 11.6 Å². The van der Waals surface area contributed by atoms with Gasteiger partial charge in [0.05, 0.1) is 12.3 Å². The number of hydrogen-bond donors (Lipinski definition) is 2. The number of hydrogen-bond acceptors (Lipinski definition) is 3. The van der Waals surface area contributed by atoms with Gasteiger partial charge in [-0.15, -0.1) is 0 Å². The molecule has 0 amide bonds. The first-order chi connectivity index (χ1) is 6.07. The molecule has 1 aromatic rings. The molecule has 0 bridgehead atoms. The summed E-state index contributed by atoms with van der Waals surface area (Å²) in [6.45, 7) is 4.34. The van der Waals surface area contributed by atoms with Gasteiger partial charge in [0.15, 0.2) is 0 Å². The van der Waals surface area contributed by atoms with E-state index in [9.17, 15) is 5.11 Å². The maximum atomic E-state index is 9.62. The predicted octanol–water partition coefficient (Wildman–Crippen LogP) is 0.937. The molecule has 0 spiro atoms. The van der Waals surface area contributed by atoms with Gasteiger partial charge in [-0.25, -0.2) is 0 Å². The highest BCUT2D eigenvalue weighted by Gasteiger charge is 2.18. The van der Waals surface area contributed by atoms with Gasteiger partial charge in [0.1, 0.15) is 5.15 Å². The third-order valence-corrected chi connectivity index (χ3v) is 2.33. The topological polar surface area (TPSA) is 64.1 Å². The molecule has 5 heteroatoms. The summed E-state index contributed by atoms with van der Waals surface area (Å²) in [4.78, 5) is 0. The highest BCUT2D eigenvalue weighted by molar-refractivity contribution is 6.30. The van der Waals surface area contributed by atoms with E-state index in [1.165, 1.54) is 0 Å². The number of rotatable bonds is 3. The van der Waals surface area contributed by atoms with Crippen LogP contribution in [0.2, 0.25) is 5.15 Å². The Hall–Kier alpha value is -0.580. The second-order valence-electron chi connectivity index (χ2n) is 3.01. The van der Waals surface area contributed by atoms with Crippen molar-refractivity contribution in [3.05, 3.63) is 16.9 Å². The lowest BCUT2D eigenvalue weighted by atomic mass is 10.1. The second kappa shape index (κ2) is 4.09. The van der Waals surface area contributed by atoms with Crippen LogP contribution >= 0.6 is 11.6 Å². The van der Waals surface area contributed by atoms with Gasteiger partial charge in [0.25, 0.3) is 0 Å². The summed E-state index contributed by atoms with van der Waals surface area (Å²) in [6, 6.07) is -0.341. The summed E-state index contributed by atoms with van der Waals surface area (Å²) < 4.78 is 1.61. The lowest BCUT2D eigenvalue weighted by molar-refractivity contribution is 0.153. The molecule has 3 N–H and O–H groups in total. The minimum absolute atomic E-state index is 0.341.